The van der Waals surface area contributed by atoms with Crippen LogP contribution < -0.4 is 5.32 Å². The molecule has 3 aromatic carbocycles. The Morgan fingerprint density at radius 1 is 0.857 bits per heavy atom. The molecular formula is C28H27N3O3S. The van der Waals surface area contributed by atoms with E-state index in [1.54, 1.807) is 19.2 Å². The number of rotatable bonds is 10. The van der Waals surface area contributed by atoms with E-state index < -0.39 is 11.5 Å². The first-order chi connectivity index (χ1) is 17.2. The summed E-state index contributed by atoms with van der Waals surface area (Å²) in [5.74, 6) is -0.571. The summed E-state index contributed by atoms with van der Waals surface area (Å²) >= 11 is 1.39. The Labute approximate surface area is 209 Å². The van der Waals surface area contributed by atoms with Gasteiger partial charge in [0.05, 0.1) is 6.61 Å². The molecule has 7 heteroatoms. The predicted octanol–water partition coefficient (Wildman–Crippen LogP) is 5.85. The zero-order chi connectivity index (χ0) is 24.5. The average Bonchev–Trinajstić information content (AvgIpc) is 3.37. The van der Waals surface area contributed by atoms with Gasteiger partial charge in [0, 0.05) is 5.38 Å². The molecule has 0 radical (unpaired) electrons. The normalized spacial score (nSPS) is 11.7. The minimum atomic E-state index is -0.722. The molecule has 6 nitrogen and oxygen atoms in total. The number of esters is 1. The first-order valence-corrected chi connectivity index (χ1v) is 12.3. The fourth-order valence-electron chi connectivity index (χ4n) is 3.90. The van der Waals surface area contributed by atoms with Crippen LogP contribution in [0.4, 0.5) is 5.13 Å². The quantitative estimate of drug-likeness (QED) is 0.132. The highest BCUT2D eigenvalue weighted by Crippen LogP contribution is 2.40. The highest BCUT2D eigenvalue weighted by Gasteiger charge is 2.37. The number of hydrogen-bond donors (Lipinski definition) is 1. The molecule has 4 aromatic rings. The van der Waals surface area contributed by atoms with Crippen molar-refractivity contribution in [2.75, 3.05) is 18.5 Å². The molecule has 0 saturated heterocycles. The van der Waals surface area contributed by atoms with Crippen molar-refractivity contribution < 1.29 is 14.4 Å². The molecular weight excluding hydrogens is 458 g/mol. The molecule has 1 heterocycles. The van der Waals surface area contributed by atoms with E-state index in [1.807, 2.05) is 54.6 Å². The second-order valence-corrected chi connectivity index (χ2v) is 8.45. The van der Waals surface area contributed by atoms with Crippen LogP contribution in [0.3, 0.4) is 0 Å². The fourth-order valence-corrected chi connectivity index (χ4v) is 4.65. The Balaban J connectivity index is 1.84. The number of carbonyl (C=O) groups is 1. The average molecular weight is 486 g/mol. The molecule has 1 N–H and O–H groups in total. The molecule has 0 fully saturated rings. The summed E-state index contributed by atoms with van der Waals surface area (Å²) in [7, 11) is 0. The van der Waals surface area contributed by atoms with Crippen molar-refractivity contribution in [2.45, 2.75) is 19.4 Å². The molecule has 178 valence electrons. The molecule has 0 aliphatic carbocycles. The van der Waals surface area contributed by atoms with Gasteiger partial charge < -0.3 is 14.9 Å². The predicted molar refractivity (Wildman–Crippen MR) is 140 cm³/mol. The van der Waals surface area contributed by atoms with Gasteiger partial charge in [-0.05, 0) is 30.5 Å². The van der Waals surface area contributed by atoms with Crippen LogP contribution in [0, 0.1) is 0 Å². The first-order valence-electron chi connectivity index (χ1n) is 11.5. The standard InChI is InChI=1S/C28H27N3O3S/c1-3-33-26(32)25(31-34-4-2)24-20-35-27(29-24)30-28(21-14-8-5-9-15-21,22-16-10-6-11-17-22)23-18-12-7-13-19-23/h5-20H,3-4H2,1-2H3,(H,29,30). The summed E-state index contributed by atoms with van der Waals surface area (Å²) < 4.78 is 5.17. The summed E-state index contributed by atoms with van der Waals surface area (Å²) in [6.07, 6.45) is 0. The van der Waals surface area contributed by atoms with E-state index in [4.69, 9.17) is 14.6 Å². The molecule has 35 heavy (non-hydrogen) atoms. The third kappa shape index (κ3) is 5.25. The highest BCUT2D eigenvalue weighted by molar-refractivity contribution is 7.14. The molecule has 0 spiro atoms. The molecule has 4 rings (SSSR count). The van der Waals surface area contributed by atoms with Crippen molar-refractivity contribution in [1.82, 2.24) is 4.98 Å². The minimum Gasteiger partial charge on any atom is -0.461 e. The summed E-state index contributed by atoms with van der Waals surface area (Å²) in [4.78, 5) is 22.4. The molecule has 1 aromatic heterocycles. The maximum atomic E-state index is 12.5. The van der Waals surface area contributed by atoms with Crippen molar-refractivity contribution in [1.29, 1.82) is 0 Å². The molecule has 0 bridgehead atoms. The van der Waals surface area contributed by atoms with Gasteiger partial charge in [0.15, 0.2) is 5.13 Å². The monoisotopic (exact) mass is 485 g/mol. The molecule has 0 aliphatic heterocycles. The van der Waals surface area contributed by atoms with Gasteiger partial charge in [0.25, 0.3) is 0 Å². The van der Waals surface area contributed by atoms with Crippen molar-refractivity contribution >= 4 is 28.1 Å². The van der Waals surface area contributed by atoms with E-state index in [9.17, 15) is 4.79 Å². The number of nitrogens with one attached hydrogen (secondary N) is 1. The van der Waals surface area contributed by atoms with Gasteiger partial charge in [-0.3, -0.25) is 0 Å². The lowest BCUT2D eigenvalue weighted by molar-refractivity contribution is -0.135. The Morgan fingerprint density at radius 2 is 1.37 bits per heavy atom. The van der Waals surface area contributed by atoms with Gasteiger partial charge in [-0.25, -0.2) is 9.78 Å². The van der Waals surface area contributed by atoms with Gasteiger partial charge in [0.2, 0.25) is 5.71 Å². The van der Waals surface area contributed by atoms with Crippen LogP contribution in [0.1, 0.15) is 36.2 Å². The van der Waals surface area contributed by atoms with Crippen LogP contribution in [0.2, 0.25) is 0 Å². The first kappa shape index (κ1) is 24.2. The van der Waals surface area contributed by atoms with Crippen LogP contribution >= 0.6 is 11.3 Å². The van der Waals surface area contributed by atoms with Crippen molar-refractivity contribution in [3.63, 3.8) is 0 Å². The van der Waals surface area contributed by atoms with E-state index in [2.05, 4.69) is 46.9 Å². The number of nitrogens with zero attached hydrogens (tertiary/aromatic N) is 2. The van der Waals surface area contributed by atoms with Gasteiger partial charge in [-0.2, -0.15) is 0 Å². The van der Waals surface area contributed by atoms with Gasteiger partial charge >= 0.3 is 5.97 Å². The lowest BCUT2D eigenvalue weighted by atomic mass is 9.77. The molecule has 0 atom stereocenters. The van der Waals surface area contributed by atoms with Crippen LogP contribution in [-0.2, 0) is 19.9 Å². The summed E-state index contributed by atoms with van der Waals surface area (Å²) in [5, 5.41) is 10.1. The highest BCUT2D eigenvalue weighted by atomic mass is 32.1. The summed E-state index contributed by atoms with van der Waals surface area (Å²) in [5.41, 5.74) is 2.89. The van der Waals surface area contributed by atoms with Crippen LogP contribution in [0.25, 0.3) is 0 Å². The lowest BCUT2D eigenvalue weighted by Gasteiger charge is -2.36. The third-order valence-electron chi connectivity index (χ3n) is 5.42. The molecule has 0 aliphatic rings. The van der Waals surface area contributed by atoms with E-state index in [0.29, 0.717) is 17.4 Å². The number of aromatic nitrogens is 1. The number of benzene rings is 3. The maximum Gasteiger partial charge on any atom is 0.362 e. The van der Waals surface area contributed by atoms with Crippen molar-refractivity contribution in [2.24, 2.45) is 5.16 Å². The molecule has 0 saturated carbocycles. The van der Waals surface area contributed by atoms with E-state index in [1.165, 1.54) is 11.3 Å². The topological polar surface area (TPSA) is 72.8 Å². The molecule has 0 unspecified atom stereocenters. The minimum absolute atomic E-state index is 0.0442. The fraction of sp³-hybridized carbons (Fsp3) is 0.179. The third-order valence-corrected chi connectivity index (χ3v) is 6.17. The Hall–Kier alpha value is -3.97. The van der Waals surface area contributed by atoms with Gasteiger partial charge in [-0.1, -0.05) is 96.2 Å². The number of anilines is 1. The molecule has 0 amide bonds. The lowest BCUT2D eigenvalue weighted by Crippen LogP contribution is -2.38. The Kier molecular flexibility index (Phi) is 7.90. The zero-order valence-electron chi connectivity index (χ0n) is 19.7. The largest absolute Gasteiger partial charge is 0.461 e. The summed E-state index contributed by atoms with van der Waals surface area (Å²) in [6.45, 7) is 4.11. The number of hydrogen-bond acceptors (Lipinski definition) is 7. The van der Waals surface area contributed by atoms with E-state index in [-0.39, 0.29) is 12.3 Å². The number of oxime groups is 1. The van der Waals surface area contributed by atoms with Crippen LogP contribution in [0.5, 0.6) is 0 Å². The van der Waals surface area contributed by atoms with Crippen molar-refractivity contribution in [3.8, 4) is 0 Å². The van der Waals surface area contributed by atoms with Crippen LogP contribution in [-0.4, -0.2) is 29.9 Å². The zero-order valence-corrected chi connectivity index (χ0v) is 20.5. The number of carbonyl (C=O) groups excluding carboxylic acids is 1. The van der Waals surface area contributed by atoms with Crippen LogP contribution in [0.15, 0.2) is 102 Å². The second kappa shape index (κ2) is 11.4. The number of thiazole rings is 1. The smallest absolute Gasteiger partial charge is 0.362 e. The van der Waals surface area contributed by atoms with Gasteiger partial charge in [0.1, 0.15) is 17.8 Å². The maximum absolute atomic E-state index is 12.5. The van der Waals surface area contributed by atoms with E-state index >= 15 is 0 Å². The SMILES string of the molecule is CCON=C(C(=O)OCC)c1csc(NC(c2ccccc2)(c2ccccc2)c2ccccc2)n1. The Morgan fingerprint density at radius 3 is 1.83 bits per heavy atom. The second-order valence-electron chi connectivity index (χ2n) is 7.59. The van der Waals surface area contributed by atoms with Crippen molar-refractivity contribution in [3.05, 3.63) is 119 Å². The number of ether oxygens (including phenoxy) is 1. The van der Waals surface area contributed by atoms with E-state index in [0.717, 1.165) is 16.7 Å². The summed E-state index contributed by atoms with van der Waals surface area (Å²) in [6, 6.07) is 30.8. The van der Waals surface area contributed by atoms with Gasteiger partial charge in [-0.15, -0.1) is 11.3 Å². The Bertz CT molecular complexity index is 1160.